The van der Waals surface area contributed by atoms with Gasteiger partial charge in [0, 0.05) is 15.1 Å². The number of hydrogen-bond acceptors (Lipinski definition) is 5. The second-order valence-corrected chi connectivity index (χ2v) is 8.48. The van der Waals surface area contributed by atoms with Gasteiger partial charge in [-0.2, -0.15) is 5.10 Å². The Hall–Kier alpha value is -3.20. The zero-order valence-corrected chi connectivity index (χ0v) is 20.2. The number of benzene rings is 3. The summed E-state index contributed by atoms with van der Waals surface area (Å²) in [5.41, 5.74) is 4.00. The highest BCUT2D eigenvalue weighted by molar-refractivity contribution is 9.10. The van der Waals surface area contributed by atoms with Crippen molar-refractivity contribution < 1.29 is 19.1 Å². The number of nitrogens with one attached hydrogen (secondary N) is 2. The predicted octanol–water partition coefficient (Wildman–Crippen LogP) is 5.37. The number of rotatable bonds is 5. The first-order valence-electron chi connectivity index (χ1n) is 9.41. The van der Waals surface area contributed by atoms with Crippen LogP contribution < -0.4 is 15.5 Å². The molecule has 0 aliphatic heterocycles. The van der Waals surface area contributed by atoms with Crippen LogP contribution in [0.5, 0.6) is 5.75 Å². The van der Waals surface area contributed by atoms with Crippen molar-refractivity contribution in [3.63, 3.8) is 0 Å². The zero-order chi connectivity index (χ0) is 24.0. The lowest BCUT2D eigenvalue weighted by Gasteiger charge is -2.09. The van der Waals surface area contributed by atoms with Crippen molar-refractivity contribution in [2.45, 2.75) is 6.92 Å². The summed E-state index contributed by atoms with van der Waals surface area (Å²) in [4.78, 5) is 36.6. The van der Waals surface area contributed by atoms with Gasteiger partial charge in [0.25, 0.3) is 0 Å². The summed E-state index contributed by atoms with van der Waals surface area (Å²) >= 11 is 15.2. The number of halogens is 3. The summed E-state index contributed by atoms with van der Waals surface area (Å²) in [7, 11) is 0. The second-order valence-electron chi connectivity index (χ2n) is 6.72. The Morgan fingerprint density at radius 1 is 1.00 bits per heavy atom. The van der Waals surface area contributed by atoms with E-state index in [2.05, 4.69) is 31.8 Å². The number of amides is 2. The summed E-state index contributed by atoms with van der Waals surface area (Å²) in [6, 6.07) is 16.3. The van der Waals surface area contributed by atoms with Crippen molar-refractivity contribution in [1.82, 2.24) is 5.43 Å². The first-order chi connectivity index (χ1) is 15.7. The maximum atomic E-state index is 12.5. The van der Waals surface area contributed by atoms with Gasteiger partial charge in [-0.3, -0.25) is 9.59 Å². The number of carbonyl (C=O) groups excluding carboxylic acids is 3. The van der Waals surface area contributed by atoms with E-state index in [1.807, 2.05) is 13.0 Å². The van der Waals surface area contributed by atoms with Crippen LogP contribution in [0.15, 0.2) is 70.2 Å². The van der Waals surface area contributed by atoms with Gasteiger partial charge >= 0.3 is 17.8 Å². The Morgan fingerprint density at radius 2 is 1.79 bits per heavy atom. The van der Waals surface area contributed by atoms with Crippen LogP contribution >= 0.6 is 39.1 Å². The van der Waals surface area contributed by atoms with Crippen LogP contribution in [0.3, 0.4) is 0 Å². The summed E-state index contributed by atoms with van der Waals surface area (Å²) < 4.78 is 6.17. The monoisotopic (exact) mass is 547 g/mol. The van der Waals surface area contributed by atoms with Crippen molar-refractivity contribution in [3.8, 4) is 5.75 Å². The molecular formula is C23H16BrCl2N3O4. The number of nitrogens with zero attached hydrogens (tertiary/aromatic N) is 1. The number of hydrazone groups is 1. The highest BCUT2D eigenvalue weighted by atomic mass is 79.9. The zero-order valence-electron chi connectivity index (χ0n) is 17.1. The lowest BCUT2D eigenvalue weighted by atomic mass is 10.1. The summed E-state index contributed by atoms with van der Waals surface area (Å²) in [5, 5.41) is 6.70. The number of hydrogen-bond donors (Lipinski definition) is 2. The molecule has 2 N–H and O–H groups in total. The highest BCUT2D eigenvalue weighted by Gasteiger charge is 2.15. The third-order valence-electron chi connectivity index (χ3n) is 4.18. The first kappa shape index (κ1) is 24.4. The van der Waals surface area contributed by atoms with E-state index in [9.17, 15) is 14.4 Å². The fraction of sp³-hybridized carbons (Fsp3) is 0.0435. The largest absolute Gasteiger partial charge is 0.422 e. The van der Waals surface area contributed by atoms with E-state index in [1.165, 1.54) is 18.3 Å². The quantitative estimate of drug-likeness (QED) is 0.147. The van der Waals surface area contributed by atoms with Crippen LogP contribution in [-0.2, 0) is 9.59 Å². The van der Waals surface area contributed by atoms with Crippen LogP contribution in [0.4, 0.5) is 5.69 Å². The molecule has 7 nitrogen and oxygen atoms in total. The van der Waals surface area contributed by atoms with Crippen LogP contribution in [0, 0.1) is 6.92 Å². The Bertz CT molecular complexity index is 1260. The fourth-order valence-electron chi connectivity index (χ4n) is 2.63. The van der Waals surface area contributed by atoms with E-state index >= 15 is 0 Å². The lowest BCUT2D eigenvalue weighted by Crippen LogP contribution is -2.32. The molecule has 0 spiro atoms. The molecular weight excluding hydrogens is 533 g/mol. The van der Waals surface area contributed by atoms with E-state index in [0.717, 1.165) is 5.56 Å². The van der Waals surface area contributed by atoms with Crippen LogP contribution in [-0.4, -0.2) is 24.0 Å². The minimum absolute atomic E-state index is 0.186. The van der Waals surface area contributed by atoms with Gasteiger partial charge in [0.1, 0.15) is 5.75 Å². The van der Waals surface area contributed by atoms with E-state index in [4.69, 9.17) is 27.9 Å². The van der Waals surface area contributed by atoms with Gasteiger partial charge in [-0.15, -0.1) is 0 Å². The third kappa shape index (κ3) is 6.89. The summed E-state index contributed by atoms with van der Waals surface area (Å²) in [6.45, 7) is 1.87. The molecule has 0 saturated heterocycles. The number of aryl methyl sites for hydroxylation is 1. The number of esters is 1. The van der Waals surface area contributed by atoms with Crippen LogP contribution in [0.2, 0.25) is 10.0 Å². The maximum absolute atomic E-state index is 12.5. The first-order valence-corrected chi connectivity index (χ1v) is 11.0. The molecule has 0 aliphatic carbocycles. The molecule has 0 aliphatic rings. The molecule has 0 atom stereocenters. The molecule has 0 heterocycles. The smallest absolute Gasteiger partial charge is 0.343 e. The van der Waals surface area contributed by atoms with Gasteiger partial charge in [0.2, 0.25) is 0 Å². The van der Waals surface area contributed by atoms with E-state index in [-0.39, 0.29) is 16.5 Å². The second kappa shape index (κ2) is 11.1. The molecule has 3 aromatic carbocycles. The van der Waals surface area contributed by atoms with Gasteiger partial charge < -0.3 is 10.1 Å². The van der Waals surface area contributed by atoms with Gasteiger partial charge in [0.05, 0.1) is 22.5 Å². The van der Waals surface area contributed by atoms with Gasteiger partial charge in [0.15, 0.2) is 0 Å². The Morgan fingerprint density at radius 3 is 2.55 bits per heavy atom. The molecule has 0 unspecified atom stereocenters. The minimum Gasteiger partial charge on any atom is -0.422 e. The molecule has 168 valence electrons. The van der Waals surface area contributed by atoms with Crippen molar-refractivity contribution in [1.29, 1.82) is 0 Å². The summed E-state index contributed by atoms with van der Waals surface area (Å²) in [6.07, 6.45) is 1.25. The van der Waals surface area contributed by atoms with Crippen molar-refractivity contribution in [3.05, 3.63) is 91.9 Å². The van der Waals surface area contributed by atoms with Crippen molar-refractivity contribution >= 4 is 68.8 Å². The standard InChI is InChI=1S/C23H16BrCl2N3O4/c1-13-3-2-4-14(9-13)23(32)33-20-8-5-16(24)10-15(20)12-27-29-22(31)21(30)28-19-11-17(25)6-7-18(19)26/h2-12H,1H3,(H,28,30)(H,29,31). The minimum atomic E-state index is -1.03. The number of ether oxygens (including phenoxy) is 1. The number of carbonyl (C=O) groups is 3. The van der Waals surface area contributed by atoms with Gasteiger partial charge in [-0.25, -0.2) is 10.2 Å². The van der Waals surface area contributed by atoms with E-state index < -0.39 is 17.8 Å². The third-order valence-corrected chi connectivity index (χ3v) is 5.24. The Balaban J connectivity index is 1.68. The van der Waals surface area contributed by atoms with Gasteiger partial charge in [-0.05, 0) is 55.5 Å². The molecule has 0 saturated carbocycles. The molecule has 3 rings (SSSR count). The average molecular weight is 549 g/mol. The molecule has 0 fully saturated rings. The molecule has 33 heavy (non-hydrogen) atoms. The van der Waals surface area contributed by atoms with Crippen LogP contribution in [0.25, 0.3) is 0 Å². The van der Waals surface area contributed by atoms with E-state index in [1.54, 1.807) is 42.5 Å². The average Bonchev–Trinajstić information content (AvgIpc) is 2.77. The molecule has 0 radical (unpaired) electrons. The Labute approximate surface area is 207 Å². The van der Waals surface area contributed by atoms with Gasteiger partial charge in [-0.1, -0.05) is 56.8 Å². The molecule has 0 bridgehead atoms. The van der Waals surface area contributed by atoms with Crippen molar-refractivity contribution in [2.24, 2.45) is 5.10 Å². The van der Waals surface area contributed by atoms with E-state index in [0.29, 0.717) is 20.6 Å². The molecule has 0 aromatic heterocycles. The predicted molar refractivity (Wildman–Crippen MR) is 131 cm³/mol. The highest BCUT2D eigenvalue weighted by Crippen LogP contribution is 2.25. The maximum Gasteiger partial charge on any atom is 0.343 e. The number of anilines is 1. The van der Waals surface area contributed by atoms with Crippen LogP contribution in [0.1, 0.15) is 21.5 Å². The SMILES string of the molecule is Cc1cccc(C(=O)Oc2ccc(Br)cc2C=NNC(=O)C(=O)Nc2cc(Cl)ccc2Cl)c1. The van der Waals surface area contributed by atoms with Crippen molar-refractivity contribution in [2.75, 3.05) is 5.32 Å². The topological polar surface area (TPSA) is 96.9 Å². The molecule has 10 heteroatoms. The molecule has 3 aromatic rings. The Kier molecular flexibility index (Phi) is 8.21. The normalized spacial score (nSPS) is 10.7. The lowest BCUT2D eigenvalue weighted by molar-refractivity contribution is -0.136. The fourth-order valence-corrected chi connectivity index (χ4v) is 3.34. The summed E-state index contributed by atoms with van der Waals surface area (Å²) in [5.74, 6) is -2.34. The molecule has 2 amide bonds.